The monoisotopic (exact) mass is 219 g/mol. The fraction of sp³-hybridized carbons (Fsp3) is 0.500. The molecule has 0 saturated carbocycles. The summed E-state index contributed by atoms with van der Waals surface area (Å²) in [4.78, 5) is 11.5. The van der Waals surface area contributed by atoms with E-state index in [4.69, 9.17) is 0 Å². The Morgan fingerprint density at radius 2 is 1.94 bits per heavy atom. The lowest BCUT2D eigenvalue weighted by Crippen LogP contribution is -2.17. The van der Waals surface area contributed by atoms with E-state index in [0.717, 1.165) is 12.1 Å². The number of hydrogen-bond donors (Lipinski definition) is 1. The maximum atomic E-state index is 11.5. The first-order valence-corrected chi connectivity index (χ1v) is 5.89. The summed E-state index contributed by atoms with van der Waals surface area (Å²) in [5, 5.41) is 2.92. The van der Waals surface area contributed by atoms with E-state index >= 15 is 0 Å². The van der Waals surface area contributed by atoms with E-state index in [9.17, 15) is 4.79 Å². The third kappa shape index (κ3) is 4.05. The zero-order chi connectivity index (χ0) is 12.1. The molecule has 0 radical (unpaired) electrons. The van der Waals surface area contributed by atoms with Crippen molar-refractivity contribution in [2.45, 2.75) is 34.1 Å². The van der Waals surface area contributed by atoms with Crippen LogP contribution in [0.15, 0.2) is 24.3 Å². The molecular formula is C14H21NO. The molecular weight excluding hydrogens is 198 g/mol. The highest BCUT2D eigenvalue weighted by atomic mass is 16.1. The fourth-order valence-electron chi connectivity index (χ4n) is 1.53. The van der Waals surface area contributed by atoms with Crippen LogP contribution in [-0.4, -0.2) is 5.91 Å². The predicted molar refractivity (Wildman–Crippen MR) is 68.5 cm³/mol. The van der Waals surface area contributed by atoms with Gasteiger partial charge < -0.3 is 5.32 Å². The molecule has 2 heteroatoms. The van der Waals surface area contributed by atoms with Crippen LogP contribution in [0, 0.1) is 11.8 Å². The molecule has 0 aliphatic carbocycles. The molecule has 0 unspecified atom stereocenters. The van der Waals surface area contributed by atoms with Gasteiger partial charge in [0, 0.05) is 11.6 Å². The molecule has 2 nitrogen and oxygen atoms in total. The second-order valence-electron chi connectivity index (χ2n) is 4.94. The summed E-state index contributed by atoms with van der Waals surface area (Å²) < 4.78 is 0. The largest absolute Gasteiger partial charge is 0.326 e. The van der Waals surface area contributed by atoms with Crippen molar-refractivity contribution in [2.75, 3.05) is 5.32 Å². The van der Waals surface area contributed by atoms with Gasteiger partial charge in [-0.25, -0.2) is 0 Å². The van der Waals surface area contributed by atoms with Gasteiger partial charge in [-0.05, 0) is 30.0 Å². The van der Waals surface area contributed by atoms with Gasteiger partial charge in [-0.15, -0.1) is 0 Å². The molecule has 0 bridgehead atoms. The first-order valence-electron chi connectivity index (χ1n) is 5.89. The summed E-state index contributed by atoms with van der Waals surface area (Å²) in [7, 11) is 0. The molecule has 1 aromatic rings. The minimum atomic E-state index is 0.0220. The van der Waals surface area contributed by atoms with Crippen LogP contribution in [0.1, 0.15) is 33.3 Å². The van der Waals surface area contributed by atoms with Gasteiger partial charge in [-0.3, -0.25) is 4.79 Å². The Morgan fingerprint density at radius 1 is 1.25 bits per heavy atom. The van der Waals surface area contributed by atoms with Gasteiger partial charge in [0.15, 0.2) is 0 Å². The highest BCUT2D eigenvalue weighted by molar-refractivity contribution is 5.92. The van der Waals surface area contributed by atoms with Gasteiger partial charge in [0.25, 0.3) is 0 Å². The van der Waals surface area contributed by atoms with Crippen LogP contribution in [0.5, 0.6) is 0 Å². The number of carbonyl (C=O) groups excluding carboxylic acids is 1. The summed E-state index contributed by atoms with van der Waals surface area (Å²) in [6.07, 6.45) is 1.05. The number of amides is 1. The van der Waals surface area contributed by atoms with Crippen molar-refractivity contribution in [1.82, 2.24) is 0 Å². The number of anilines is 1. The van der Waals surface area contributed by atoms with E-state index in [1.54, 1.807) is 0 Å². The van der Waals surface area contributed by atoms with Crippen molar-refractivity contribution in [3.63, 3.8) is 0 Å². The smallest absolute Gasteiger partial charge is 0.226 e. The molecule has 0 aliphatic heterocycles. The van der Waals surface area contributed by atoms with E-state index in [2.05, 4.69) is 31.3 Å². The number of hydrogen-bond acceptors (Lipinski definition) is 1. The van der Waals surface area contributed by atoms with Gasteiger partial charge in [-0.1, -0.05) is 39.8 Å². The normalized spacial score (nSPS) is 10.9. The summed E-state index contributed by atoms with van der Waals surface area (Å²) in [5.74, 6) is 0.728. The second-order valence-corrected chi connectivity index (χ2v) is 4.94. The Hall–Kier alpha value is -1.31. The number of rotatable bonds is 4. The molecule has 0 aromatic heterocycles. The van der Waals surface area contributed by atoms with E-state index in [1.807, 2.05) is 26.0 Å². The molecule has 0 atom stereocenters. The molecule has 0 heterocycles. The summed E-state index contributed by atoms with van der Waals surface area (Å²) in [5.41, 5.74) is 2.17. The lowest BCUT2D eigenvalue weighted by Gasteiger charge is -2.10. The molecule has 0 saturated heterocycles. The van der Waals surface area contributed by atoms with Crippen LogP contribution < -0.4 is 5.32 Å². The number of nitrogens with one attached hydrogen (secondary N) is 1. The van der Waals surface area contributed by atoms with E-state index < -0.39 is 0 Å². The topological polar surface area (TPSA) is 29.1 Å². The molecule has 1 rings (SSSR count). The van der Waals surface area contributed by atoms with Crippen LogP contribution in [-0.2, 0) is 11.2 Å². The molecule has 88 valence electrons. The van der Waals surface area contributed by atoms with Gasteiger partial charge in [0.2, 0.25) is 5.91 Å². The molecule has 0 spiro atoms. The average molecular weight is 219 g/mol. The molecule has 1 aromatic carbocycles. The molecule has 1 N–H and O–H groups in total. The molecule has 0 fully saturated rings. The van der Waals surface area contributed by atoms with Crippen molar-refractivity contribution in [1.29, 1.82) is 0 Å². The standard InChI is InChI=1S/C14H21NO/c1-10(2)8-12-6-5-7-13(9-12)15-14(16)11(3)4/h5-7,9-11H,8H2,1-4H3,(H,15,16). The highest BCUT2D eigenvalue weighted by Crippen LogP contribution is 2.14. The quantitative estimate of drug-likeness (QED) is 0.825. The third-order valence-corrected chi connectivity index (χ3v) is 2.36. The summed E-state index contributed by atoms with van der Waals surface area (Å²) in [6, 6.07) is 8.09. The minimum absolute atomic E-state index is 0.0220. The summed E-state index contributed by atoms with van der Waals surface area (Å²) >= 11 is 0. The molecule has 0 aliphatic rings. The Kier molecular flexibility index (Phi) is 4.53. The first kappa shape index (κ1) is 12.8. The average Bonchev–Trinajstić information content (AvgIpc) is 2.16. The van der Waals surface area contributed by atoms with E-state index in [1.165, 1.54) is 5.56 Å². The molecule has 1 amide bonds. The van der Waals surface area contributed by atoms with Gasteiger partial charge in [0.1, 0.15) is 0 Å². The van der Waals surface area contributed by atoms with Crippen molar-refractivity contribution in [3.05, 3.63) is 29.8 Å². The zero-order valence-electron chi connectivity index (χ0n) is 10.6. The van der Waals surface area contributed by atoms with Crippen molar-refractivity contribution >= 4 is 11.6 Å². The predicted octanol–water partition coefficient (Wildman–Crippen LogP) is 3.48. The third-order valence-electron chi connectivity index (χ3n) is 2.36. The number of benzene rings is 1. The van der Waals surface area contributed by atoms with Crippen LogP contribution in [0.3, 0.4) is 0 Å². The van der Waals surface area contributed by atoms with Crippen LogP contribution in [0.4, 0.5) is 5.69 Å². The van der Waals surface area contributed by atoms with Crippen LogP contribution >= 0.6 is 0 Å². The Balaban J connectivity index is 2.71. The Labute approximate surface area is 98.1 Å². The van der Waals surface area contributed by atoms with E-state index in [0.29, 0.717) is 5.92 Å². The lowest BCUT2D eigenvalue weighted by atomic mass is 10.0. The van der Waals surface area contributed by atoms with E-state index in [-0.39, 0.29) is 11.8 Å². The van der Waals surface area contributed by atoms with Crippen molar-refractivity contribution < 1.29 is 4.79 Å². The van der Waals surface area contributed by atoms with Gasteiger partial charge in [0.05, 0.1) is 0 Å². The Bertz CT molecular complexity index is 356. The van der Waals surface area contributed by atoms with Crippen LogP contribution in [0.2, 0.25) is 0 Å². The van der Waals surface area contributed by atoms with Gasteiger partial charge in [-0.2, -0.15) is 0 Å². The molecule has 16 heavy (non-hydrogen) atoms. The first-order chi connectivity index (χ1) is 7.49. The van der Waals surface area contributed by atoms with Crippen molar-refractivity contribution in [3.8, 4) is 0 Å². The maximum Gasteiger partial charge on any atom is 0.226 e. The fourth-order valence-corrected chi connectivity index (χ4v) is 1.53. The van der Waals surface area contributed by atoms with Crippen LogP contribution in [0.25, 0.3) is 0 Å². The SMILES string of the molecule is CC(C)Cc1cccc(NC(=O)C(C)C)c1. The van der Waals surface area contributed by atoms with Crippen molar-refractivity contribution in [2.24, 2.45) is 11.8 Å². The Morgan fingerprint density at radius 3 is 2.50 bits per heavy atom. The highest BCUT2D eigenvalue weighted by Gasteiger charge is 2.07. The summed E-state index contributed by atoms with van der Waals surface area (Å²) in [6.45, 7) is 8.18. The minimum Gasteiger partial charge on any atom is -0.326 e. The second kappa shape index (κ2) is 5.69. The lowest BCUT2D eigenvalue weighted by molar-refractivity contribution is -0.118. The number of carbonyl (C=O) groups is 1. The maximum absolute atomic E-state index is 11.5. The zero-order valence-corrected chi connectivity index (χ0v) is 10.6. The van der Waals surface area contributed by atoms with Gasteiger partial charge >= 0.3 is 0 Å².